The standard InChI is InChI=1S/C24H21F6N5O3/c25-15-3-16(26)19(17(27)4-15)23(36,9-35-13-32-33-34-35)24(29,30)21-6-20(7-21,8-21)14-1-2-18(31-5-14)38-12-22(28)10-37-11-22/h1-5,13,36H,6-12H2/t20?,21?,23-/m1/s1. The lowest BCUT2D eigenvalue weighted by Gasteiger charge is -2.74. The molecule has 4 fully saturated rings. The van der Waals surface area contributed by atoms with Crippen LogP contribution in [0.3, 0.4) is 0 Å². The van der Waals surface area contributed by atoms with Gasteiger partial charge in [-0.1, -0.05) is 6.07 Å². The zero-order valence-corrected chi connectivity index (χ0v) is 19.7. The first-order chi connectivity index (χ1) is 17.9. The number of aliphatic hydroxyl groups is 1. The van der Waals surface area contributed by atoms with Crippen LogP contribution in [0, 0.1) is 22.9 Å². The molecule has 1 saturated heterocycles. The zero-order chi connectivity index (χ0) is 27.0. The van der Waals surface area contributed by atoms with E-state index in [-0.39, 0.29) is 57.1 Å². The zero-order valence-electron chi connectivity index (χ0n) is 19.7. The average molecular weight is 541 g/mol. The SMILES string of the molecule is O[C@](Cn1cnnn1)(c1c(F)cc(F)cc1F)C(F)(F)C12CC(c3ccc(OCC4(F)COC4)nc3)(C1)C2. The second kappa shape index (κ2) is 8.12. The van der Waals surface area contributed by atoms with Gasteiger partial charge < -0.3 is 14.6 Å². The van der Waals surface area contributed by atoms with Crippen molar-refractivity contribution in [1.29, 1.82) is 0 Å². The molecule has 3 heterocycles. The normalized spacial score (nSPS) is 27.0. The van der Waals surface area contributed by atoms with Gasteiger partial charge in [0.05, 0.1) is 25.3 Å². The van der Waals surface area contributed by atoms with Gasteiger partial charge in [0.15, 0.2) is 11.3 Å². The minimum absolute atomic E-state index is 0.0595. The van der Waals surface area contributed by atoms with Crippen molar-refractivity contribution in [2.24, 2.45) is 5.41 Å². The molecule has 8 nitrogen and oxygen atoms in total. The summed E-state index contributed by atoms with van der Waals surface area (Å²) in [6, 6.07) is 3.64. The Morgan fingerprint density at radius 3 is 2.29 bits per heavy atom. The number of benzene rings is 1. The first kappa shape index (κ1) is 25.0. The second-order valence-corrected chi connectivity index (χ2v) is 10.6. The van der Waals surface area contributed by atoms with Crippen LogP contribution in [0.1, 0.15) is 30.4 Å². The number of hydrogen-bond donors (Lipinski definition) is 1. The fourth-order valence-corrected chi connectivity index (χ4v) is 6.02. The molecule has 1 atom stereocenters. The molecule has 3 saturated carbocycles. The van der Waals surface area contributed by atoms with Gasteiger partial charge in [-0.05, 0) is 40.7 Å². The van der Waals surface area contributed by atoms with Gasteiger partial charge in [0.1, 0.15) is 30.4 Å². The highest BCUT2D eigenvalue weighted by atomic mass is 19.3. The van der Waals surface area contributed by atoms with Crippen molar-refractivity contribution in [3.8, 4) is 5.88 Å². The maximum Gasteiger partial charge on any atom is 0.287 e. The summed E-state index contributed by atoms with van der Waals surface area (Å²) in [7, 11) is 0. The number of rotatable bonds is 9. The van der Waals surface area contributed by atoms with Gasteiger partial charge >= 0.3 is 0 Å². The highest BCUT2D eigenvalue weighted by Crippen LogP contribution is 2.80. The molecular weight excluding hydrogens is 520 g/mol. The smallest absolute Gasteiger partial charge is 0.287 e. The lowest BCUT2D eigenvalue weighted by Crippen LogP contribution is -2.76. The topological polar surface area (TPSA) is 95.2 Å². The monoisotopic (exact) mass is 541 g/mol. The number of nitrogens with zero attached hydrogens (tertiary/aromatic N) is 5. The summed E-state index contributed by atoms with van der Waals surface area (Å²) in [6.45, 7) is -1.42. The van der Waals surface area contributed by atoms with Crippen molar-refractivity contribution in [1.82, 2.24) is 25.2 Å². The Balaban J connectivity index is 1.25. The van der Waals surface area contributed by atoms with E-state index in [0.29, 0.717) is 5.56 Å². The average Bonchev–Trinajstić information content (AvgIpc) is 3.27. The minimum Gasteiger partial charge on any atom is -0.474 e. The van der Waals surface area contributed by atoms with Crippen LogP contribution in [0.5, 0.6) is 5.88 Å². The molecule has 3 aromatic rings. The molecule has 0 radical (unpaired) electrons. The van der Waals surface area contributed by atoms with Crippen LogP contribution in [0.2, 0.25) is 0 Å². The molecule has 7 rings (SSSR count). The van der Waals surface area contributed by atoms with Gasteiger partial charge in [-0.2, -0.15) is 0 Å². The molecule has 1 aromatic carbocycles. The highest BCUT2D eigenvalue weighted by Gasteiger charge is 2.82. The Morgan fingerprint density at radius 1 is 1.08 bits per heavy atom. The summed E-state index contributed by atoms with van der Waals surface area (Å²) in [5, 5.41) is 21.5. The molecule has 1 aliphatic heterocycles. The van der Waals surface area contributed by atoms with Crippen molar-refractivity contribution in [3.63, 3.8) is 0 Å². The van der Waals surface area contributed by atoms with Gasteiger partial charge in [-0.15, -0.1) is 5.10 Å². The van der Waals surface area contributed by atoms with E-state index in [1.54, 1.807) is 6.07 Å². The van der Waals surface area contributed by atoms with E-state index in [2.05, 4.69) is 20.5 Å². The summed E-state index contributed by atoms with van der Waals surface area (Å²) >= 11 is 0. The van der Waals surface area contributed by atoms with Crippen LogP contribution in [-0.4, -0.2) is 61.7 Å². The fraction of sp³-hybridized carbons (Fsp3) is 0.500. The Hall–Kier alpha value is -3.26. The molecule has 3 aliphatic carbocycles. The molecule has 2 bridgehead atoms. The third-order valence-corrected chi connectivity index (χ3v) is 7.97. The second-order valence-electron chi connectivity index (χ2n) is 10.6. The van der Waals surface area contributed by atoms with E-state index in [4.69, 9.17) is 9.47 Å². The molecule has 0 spiro atoms. The summed E-state index contributed by atoms with van der Waals surface area (Å²) in [6.07, 6.45) is 2.10. The van der Waals surface area contributed by atoms with Gasteiger partial charge in [0, 0.05) is 29.8 Å². The van der Waals surface area contributed by atoms with Crippen molar-refractivity contribution in [2.45, 2.75) is 48.4 Å². The third kappa shape index (κ3) is 3.52. The van der Waals surface area contributed by atoms with Gasteiger partial charge in [0.2, 0.25) is 5.88 Å². The lowest BCUT2D eigenvalue weighted by atomic mass is 9.30. The molecule has 0 unspecified atom stereocenters. The van der Waals surface area contributed by atoms with Crippen LogP contribution in [-0.2, 0) is 22.3 Å². The van der Waals surface area contributed by atoms with Crippen molar-refractivity contribution in [2.75, 3.05) is 19.8 Å². The van der Waals surface area contributed by atoms with E-state index in [1.807, 2.05) is 0 Å². The van der Waals surface area contributed by atoms with E-state index >= 15 is 8.78 Å². The Labute approximate surface area is 211 Å². The number of alkyl halides is 3. The number of halogens is 6. The van der Waals surface area contributed by atoms with Crippen molar-refractivity contribution < 1.29 is 40.9 Å². The third-order valence-electron chi connectivity index (χ3n) is 7.97. The molecule has 14 heteroatoms. The van der Waals surface area contributed by atoms with E-state index < -0.39 is 57.6 Å². The highest BCUT2D eigenvalue weighted by molar-refractivity contribution is 5.43. The summed E-state index contributed by atoms with van der Waals surface area (Å²) in [5.74, 6) is -8.51. The fourth-order valence-electron chi connectivity index (χ4n) is 6.02. The summed E-state index contributed by atoms with van der Waals surface area (Å²) in [5.41, 5.74) is -8.16. The maximum absolute atomic E-state index is 16.2. The maximum atomic E-state index is 16.2. The first-order valence-electron chi connectivity index (χ1n) is 11.7. The molecule has 0 amide bonds. The number of tetrazole rings is 1. The van der Waals surface area contributed by atoms with E-state index in [9.17, 15) is 22.7 Å². The van der Waals surface area contributed by atoms with Gasteiger partial charge in [0.25, 0.3) is 5.92 Å². The Kier molecular flexibility index (Phi) is 5.35. The Morgan fingerprint density at radius 2 is 1.76 bits per heavy atom. The predicted octanol–water partition coefficient (Wildman–Crippen LogP) is 3.25. The summed E-state index contributed by atoms with van der Waals surface area (Å²) < 4.78 is 100. The van der Waals surface area contributed by atoms with Gasteiger partial charge in [-0.25, -0.2) is 36.0 Å². The molecule has 4 aliphatic rings. The number of aromatic nitrogens is 5. The largest absolute Gasteiger partial charge is 0.474 e. The predicted molar refractivity (Wildman–Crippen MR) is 115 cm³/mol. The molecule has 38 heavy (non-hydrogen) atoms. The quantitative estimate of drug-likeness (QED) is 0.416. The van der Waals surface area contributed by atoms with Crippen LogP contribution >= 0.6 is 0 Å². The van der Waals surface area contributed by atoms with Crippen LogP contribution in [0.4, 0.5) is 26.3 Å². The summed E-state index contributed by atoms with van der Waals surface area (Å²) in [4.78, 5) is 4.15. The molecule has 1 N–H and O–H groups in total. The molecule has 2 aromatic heterocycles. The van der Waals surface area contributed by atoms with Crippen molar-refractivity contribution >= 4 is 0 Å². The molecular formula is C24H21F6N5O3. The van der Waals surface area contributed by atoms with Crippen LogP contribution < -0.4 is 4.74 Å². The lowest BCUT2D eigenvalue weighted by molar-refractivity contribution is -0.348. The van der Waals surface area contributed by atoms with E-state index in [1.165, 1.54) is 12.3 Å². The first-order valence-corrected chi connectivity index (χ1v) is 11.7. The Bertz CT molecular complexity index is 1330. The number of pyridine rings is 1. The van der Waals surface area contributed by atoms with E-state index in [0.717, 1.165) is 11.0 Å². The van der Waals surface area contributed by atoms with Crippen molar-refractivity contribution in [3.05, 3.63) is 65.4 Å². The number of ether oxygens (including phenoxy) is 2. The van der Waals surface area contributed by atoms with Crippen LogP contribution in [0.15, 0.2) is 36.8 Å². The van der Waals surface area contributed by atoms with Gasteiger partial charge in [-0.3, -0.25) is 0 Å². The number of hydrogen-bond acceptors (Lipinski definition) is 7. The minimum atomic E-state index is -4.07. The molecule has 202 valence electrons. The van der Waals surface area contributed by atoms with Crippen LogP contribution in [0.25, 0.3) is 0 Å².